The zero-order valence-electron chi connectivity index (χ0n) is 16.2. The second kappa shape index (κ2) is 7.96. The molecule has 2 heterocycles. The molecular weight excluding hydrogens is 356 g/mol. The Kier molecular flexibility index (Phi) is 5.65. The molecule has 0 aliphatic carbocycles. The molecule has 0 unspecified atom stereocenters. The Morgan fingerprint density at radius 2 is 1.85 bits per heavy atom. The number of Topliss-reactive ketones (excluding diaryl/α,β-unsaturated/α-hetero) is 1. The van der Waals surface area contributed by atoms with E-state index in [2.05, 4.69) is 52.5 Å². The van der Waals surface area contributed by atoms with Gasteiger partial charge in [-0.05, 0) is 45.9 Å². The van der Waals surface area contributed by atoms with Gasteiger partial charge in [-0.3, -0.25) is 4.79 Å². The van der Waals surface area contributed by atoms with Gasteiger partial charge in [0.25, 0.3) is 0 Å². The molecule has 0 atom stereocenters. The quantitative estimate of drug-likeness (QED) is 0.345. The van der Waals surface area contributed by atoms with Gasteiger partial charge in [0.2, 0.25) is 0 Å². The molecule has 0 saturated heterocycles. The Morgan fingerprint density at radius 3 is 2.52 bits per heavy atom. The third-order valence-corrected chi connectivity index (χ3v) is 5.54. The van der Waals surface area contributed by atoms with Crippen LogP contribution in [0, 0.1) is 27.7 Å². The van der Waals surface area contributed by atoms with Gasteiger partial charge < -0.3 is 9.13 Å². The van der Waals surface area contributed by atoms with Crippen molar-refractivity contribution in [1.82, 2.24) is 19.3 Å². The van der Waals surface area contributed by atoms with Crippen LogP contribution in [0.4, 0.5) is 0 Å². The van der Waals surface area contributed by atoms with Gasteiger partial charge >= 0.3 is 0 Å². The number of ketones is 1. The van der Waals surface area contributed by atoms with Crippen molar-refractivity contribution in [3.63, 3.8) is 0 Å². The SMILES string of the molecule is C=CCn1c(C)nnc1SCC(=O)c1cc(C)n(-c2ccc(C)cc2)c1C. The van der Waals surface area contributed by atoms with E-state index >= 15 is 0 Å². The molecule has 140 valence electrons. The van der Waals surface area contributed by atoms with Gasteiger partial charge in [-0.15, -0.1) is 16.8 Å². The van der Waals surface area contributed by atoms with Crippen molar-refractivity contribution in [2.45, 2.75) is 39.4 Å². The lowest BCUT2D eigenvalue weighted by Crippen LogP contribution is -2.07. The summed E-state index contributed by atoms with van der Waals surface area (Å²) < 4.78 is 4.09. The van der Waals surface area contributed by atoms with Gasteiger partial charge in [0, 0.05) is 29.2 Å². The molecule has 3 aromatic rings. The van der Waals surface area contributed by atoms with E-state index in [9.17, 15) is 4.79 Å². The number of thioether (sulfide) groups is 1. The van der Waals surface area contributed by atoms with E-state index in [-0.39, 0.29) is 5.78 Å². The number of hydrogen-bond acceptors (Lipinski definition) is 4. The Bertz CT molecular complexity index is 983. The van der Waals surface area contributed by atoms with Crippen molar-refractivity contribution in [2.75, 3.05) is 5.75 Å². The summed E-state index contributed by atoms with van der Waals surface area (Å²) in [5.74, 6) is 1.24. The largest absolute Gasteiger partial charge is 0.318 e. The van der Waals surface area contributed by atoms with Crippen LogP contribution in [-0.2, 0) is 6.54 Å². The highest BCUT2D eigenvalue weighted by Gasteiger charge is 2.18. The summed E-state index contributed by atoms with van der Waals surface area (Å²) in [6, 6.07) is 10.3. The highest BCUT2D eigenvalue weighted by molar-refractivity contribution is 7.99. The molecule has 0 N–H and O–H groups in total. The lowest BCUT2D eigenvalue weighted by atomic mass is 10.2. The molecule has 3 rings (SSSR count). The van der Waals surface area contributed by atoms with Crippen LogP contribution >= 0.6 is 11.8 Å². The predicted octanol–water partition coefficient (Wildman–Crippen LogP) is 4.46. The maximum atomic E-state index is 12.9. The van der Waals surface area contributed by atoms with E-state index in [4.69, 9.17) is 0 Å². The number of aryl methyl sites for hydroxylation is 3. The molecule has 0 fully saturated rings. The van der Waals surface area contributed by atoms with Crippen LogP contribution in [0.2, 0.25) is 0 Å². The van der Waals surface area contributed by atoms with Crippen LogP contribution in [0.15, 0.2) is 48.1 Å². The van der Waals surface area contributed by atoms with Gasteiger partial charge in [0.05, 0.1) is 5.75 Å². The lowest BCUT2D eigenvalue weighted by molar-refractivity contribution is 0.102. The van der Waals surface area contributed by atoms with Gasteiger partial charge in [0.15, 0.2) is 10.9 Å². The molecule has 0 amide bonds. The number of rotatable bonds is 7. The van der Waals surface area contributed by atoms with Crippen LogP contribution in [0.1, 0.15) is 33.1 Å². The number of carbonyl (C=O) groups excluding carboxylic acids is 1. The predicted molar refractivity (Wildman–Crippen MR) is 110 cm³/mol. The highest BCUT2D eigenvalue weighted by Crippen LogP contribution is 2.24. The number of benzene rings is 1. The van der Waals surface area contributed by atoms with Crippen molar-refractivity contribution in [3.05, 3.63) is 71.3 Å². The maximum absolute atomic E-state index is 12.9. The van der Waals surface area contributed by atoms with Gasteiger partial charge in [-0.2, -0.15) is 0 Å². The smallest absolute Gasteiger partial charge is 0.191 e. The number of nitrogens with zero attached hydrogens (tertiary/aromatic N) is 4. The standard InChI is InChI=1S/C21H24N4OS/c1-6-11-24-17(5)22-23-21(24)27-13-20(26)19-12-15(3)25(16(19)4)18-9-7-14(2)8-10-18/h6-10,12H,1,11,13H2,2-5H3. The summed E-state index contributed by atoms with van der Waals surface area (Å²) in [6.07, 6.45) is 1.80. The molecule has 6 heteroatoms. The summed E-state index contributed by atoms with van der Waals surface area (Å²) in [4.78, 5) is 12.9. The van der Waals surface area contributed by atoms with Crippen LogP contribution in [0.5, 0.6) is 0 Å². The number of allylic oxidation sites excluding steroid dienone is 1. The monoisotopic (exact) mass is 380 g/mol. The fraction of sp³-hybridized carbons (Fsp3) is 0.286. The Balaban J connectivity index is 1.81. The minimum Gasteiger partial charge on any atom is -0.318 e. The molecule has 27 heavy (non-hydrogen) atoms. The fourth-order valence-electron chi connectivity index (χ4n) is 3.15. The van der Waals surface area contributed by atoms with E-state index in [1.807, 2.05) is 31.4 Å². The fourth-order valence-corrected chi connectivity index (χ4v) is 4.03. The number of aromatic nitrogens is 4. The van der Waals surface area contributed by atoms with Gasteiger partial charge in [-0.1, -0.05) is 35.5 Å². The van der Waals surface area contributed by atoms with Gasteiger partial charge in [0.1, 0.15) is 5.82 Å². The molecular formula is C21H24N4OS. The molecule has 0 aliphatic rings. The Morgan fingerprint density at radius 1 is 1.15 bits per heavy atom. The Hall–Kier alpha value is -2.60. The highest BCUT2D eigenvalue weighted by atomic mass is 32.2. The van der Waals surface area contributed by atoms with Crippen LogP contribution in [-0.4, -0.2) is 30.9 Å². The van der Waals surface area contributed by atoms with Crippen LogP contribution < -0.4 is 0 Å². The first-order chi connectivity index (χ1) is 12.9. The third-order valence-electron chi connectivity index (χ3n) is 4.57. The first-order valence-electron chi connectivity index (χ1n) is 8.85. The van der Waals surface area contributed by atoms with E-state index in [1.54, 1.807) is 6.08 Å². The molecule has 5 nitrogen and oxygen atoms in total. The van der Waals surface area contributed by atoms with Crippen molar-refractivity contribution >= 4 is 17.5 Å². The number of carbonyl (C=O) groups is 1. The average molecular weight is 381 g/mol. The first-order valence-corrected chi connectivity index (χ1v) is 9.83. The van der Waals surface area contributed by atoms with Crippen molar-refractivity contribution in [3.8, 4) is 5.69 Å². The third kappa shape index (κ3) is 3.90. The van der Waals surface area contributed by atoms with Gasteiger partial charge in [-0.25, -0.2) is 0 Å². The Labute approximate surface area is 164 Å². The summed E-state index contributed by atoms with van der Waals surface area (Å²) in [7, 11) is 0. The normalized spacial score (nSPS) is 11.0. The molecule has 0 aliphatic heterocycles. The zero-order chi connectivity index (χ0) is 19.6. The van der Waals surface area contributed by atoms with Crippen LogP contribution in [0.25, 0.3) is 5.69 Å². The first kappa shape index (κ1) is 19.2. The van der Waals surface area contributed by atoms with Crippen molar-refractivity contribution < 1.29 is 4.79 Å². The maximum Gasteiger partial charge on any atom is 0.191 e. The molecule has 0 bridgehead atoms. The zero-order valence-corrected chi connectivity index (χ0v) is 17.0. The second-order valence-electron chi connectivity index (χ2n) is 6.60. The molecule has 0 saturated carbocycles. The van der Waals surface area contributed by atoms with E-state index in [0.29, 0.717) is 12.3 Å². The summed E-state index contributed by atoms with van der Waals surface area (Å²) >= 11 is 1.42. The van der Waals surface area contributed by atoms with Crippen LogP contribution in [0.3, 0.4) is 0 Å². The molecule has 0 spiro atoms. The minimum atomic E-state index is 0.0947. The summed E-state index contributed by atoms with van der Waals surface area (Å²) in [6.45, 7) is 12.4. The average Bonchev–Trinajstić information content (AvgIpc) is 3.14. The van der Waals surface area contributed by atoms with E-state index in [1.165, 1.54) is 17.3 Å². The second-order valence-corrected chi connectivity index (χ2v) is 7.54. The van der Waals surface area contributed by atoms with E-state index in [0.717, 1.165) is 33.6 Å². The van der Waals surface area contributed by atoms with Crippen molar-refractivity contribution in [1.29, 1.82) is 0 Å². The van der Waals surface area contributed by atoms with Crippen molar-refractivity contribution in [2.24, 2.45) is 0 Å². The summed E-state index contributed by atoms with van der Waals surface area (Å²) in [5, 5.41) is 9.01. The lowest BCUT2D eigenvalue weighted by Gasteiger charge is -2.10. The number of hydrogen-bond donors (Lipinski definition) is 0. The molecule has 1 aromatic carbocycles. The summed E-state index contributed by atoms with van der Waals surface area (Å²) in [5.41, 5.74) is 5.06. The topological polar surface area (TPSA) is 52.7 Å². The van der Waals surface area contributed by atoms with E-state index < -0.39 is 0 Å². The minimum absolute atomic E-state index is 0.0947. The molecule has 2 aromatic heterocycles. The molecule has 0 radical (unpaired) electrons.